The van der Waals surface area contributed by atoms with E-state index in [1.165, 1.54) is 16.7 Å². The highest BCUT2D eigenvalue weighted by Gasteiger charge is 2.13. The molecule has 0 radical (unpaired) electrons. The van der Waals surface area contributed by atoms with Crippen LogP contribution in [0.4, 0.5) is 5.69 Å². The van der Waals surface area contributed by atoms with Gasteiger partial charge in [-0.2, -0.15) is 0 Å². The van der Waals surface area contributed by atoms with Gasteiger partial charge in [0, 0.05) is 18.3 Å². The van der Waals surface area contributed by atoms with E-state index >= 15 is 0 Å². The van der Waals surface area contributed by atoms with Gasteiger partial charge < -0.3 is 5.32 Å². The molecule has 2 rings (SSSR count). The van der Waals surface area contributed by atoms with Crippen LogP contribution in [-0.2, 0) is 6.42 Å². The van der Waals surface area contributed by atoms with E-state index in [4.69, 9.17) is 4.98 Å². The van der Waals surface area contributed by atoms with Crippen molar-refractivity contribution in [1.29, 1.82) is 0 Å². The van der Waals surface area contributed by atoms with Crippen LogP contribution in [0.5, 0.6) is 0 Å². The summed E-state index contributed by atoms with van der Waals surface area (Å²) >= 11 is 0. The molecule has 2 nitrogen and oxygen atoms in total. The van der Waals surface area contributed by atoms with E-state index in [0.29, 0.717) is 5.92 Å². The van der Waals surface area contributed by atoms with Crippen molar-refractivity contribution in [1.82, 2.24) is 4.98 Å². The number of nitrogens with one attached hydrogen (secondary N) is 1. The first-order valence-electron chi connectivity index (χ1n) is 7.26. The standard InChI is InChI=1S/C18H24N2.2ClH/c1-12(2)10-17-18(19-5)16(11-14(4)20-17)15-8-6-13(3)7-9-15;;/h6-9,11-12,19H,10H2,1-5H3;2*1H. The molecule has 0 bridgehead atoms. The molecule has 1 N–H and O–H groups in total. The van der Waals surface area contributed by atoms with Gasteiger partial charge in [-0.3, -0.25) is 4.98 Å². The summed E-state index contributed by atoms with van der Waals surface area (Å²) in [5, 5.41) is 3.35. The summed E-state index contributed by atoms with van der Waals surface area (Å²) in [6, 6.07) is 10.9. The Bertz CT molecular complexity index is 593. The molecule has 0 aliphatic carbocycles. The smallest absolute Gasteiger partial charge is 0.0646 e. The fraction of sp³-hybridized carbons (Fsp3) is 0.389. The van der Waals surface area contributed by atoms with Gasteiger partial charge in [0.05, 0.1) is 11.4 Å². The second-order valence-corrected chi connectivity index (χ2v) is 5.85. The Labute approximate surface area is 146 Å². The highest BCUT2D eigenvalue weighted by Crippen LogP contribution is 2.32. The minimum absolute atomic E-state index is 0. The fourth-order valence-corrected chi connectivity index (χ4v) is 2.51. The molecule has 1 aromatic carbocycles. The van der Waals surface area contributed by atoms with Gasteiger partial charge in [-0.1, -0.05) is 43.7 Å². The normalized spacial score (nSPS) is 9.91. The lowest BCUT2D eigenvalue weighted by atomic mass is 9.98. The summed E-state index contributed by atoms with van der Waals surface area (Å²) in [7, 11) is 1.98. The van der Waals surface area contributed by atoms with Crippen LogP contribution in [0.1, 0.15) is 30.8 Å². The van der Waals surface area contributed by atoms with Crippen molar-refractivity contribution in [2.24, 2.45) is 5.92 Å². The van der Waals surface area contributed by atoms with Crippen LogP contribution in [0.3, 0.4) is 0 Å². The molecule has 0 atom stereocenters. The minimum Gasteiger partial charge on any atom is -0.386 e. The molecule has 1 heterocycles. The van der Waals surface area contributed by atoms with Crippen molar-refractivity contribution in [3.63, 3.8) is 0 Å². The summed E-state index contributed by atoms with van der Waals surface area (Å²) in [5.41, 5.74) is 7.18. The zero-order valence-corrected chi connectivity index (χ0v) is 15.6. The van der Waals surface area contributed by atoms with E-state index in [1.54, 1.807) is 0 Å². The van der Waals surface area contributed by atoms with E-state index in [-0.39, 0.29) is 24.8 Å². The van der Waals surface area contributed by atoms with Crippen molar-refractivity contribution in [2.75, 3.05) is 12.4 Å². The monoisotopic (exact) mass is 340 g/mol. The fourth-order valence-electron chi connectivity index (χ4n) is 2.51. The van der Waals surface area contributed by atoms with Crippen molar-refractivity contribution in [3.05, 3.63) is 47.3 Å². The number of aromatic nitrogens is 1. The topological polar surface area (TPSA) is 24.9 Å². The summed E-state index contributed by atoms with van der Waals surface area (Å²) in [6.07, 6.45) is 0.997. The number of benzene rings is 1. The zero-order chi connectivity index (χ0) is 14.7. The van der Waals surface area contributed by atoms with Crippen LogP contribution in [-0.4, -0.2) is 12.0 Å². The largest absolute Gasteiger partial charge is 0.386 e. The quantitative estimate of drug-likeness (QED) is 0.800. The average molecular weight is 341 g/mol. The highest BCUT2D eigenvalue weighted by atomic mass is 35.5. The molecule has 0 saturated heterocycles. The molecule has 0 spiro atoms. The maximum absolute atomic E-state index is 4.73. The predicted octanol–water partition coefficient (Wildman–Crippen LogP) is 5.45. The molecule has 0 saturated carbocycles. The van der Waals surface area contributed by atoms with Crippen molar-refractivity contribution < 1.29 is 0 Å². The van der Waals surface area contributed by atoms with Gasteiger partial charge in [-0.15, -0.1) is 24.8 Å². The highest BCUT2D eigenvalue weighted by molar-refractivity contribution is 5.85. The summed E-state index contributed by atoms with van der Waals surface area (Å²) in [4.78, 5) is 4.73. The Hall–Kier alpha value is -1.25. The Morgan fingerprint density at radius 3 is 2.14 bits per heavy atom. The molecule has 0 fully saturated rings. The van der Waals surface area contributed by atoms with Gasteiger partial charge >= 0.3 is 0 Å². The number of halogens is 2. The number of hydrogen-bond donors (Lipinski definition) is 1. The van der Waals surface area contributed by atoms with E-state index in [2.05, 4.69) is 63.3 Å². The molecular weight excluding hydrogens is 315 g/mol. The van der Waals surface area contributed by atoms with Gasteiger partial charge in [0.25, 0.3) is 0 Å². The maximum atomic E-state index is 4.73. The van der Waals surface area contributed by atoms with Crippen LogP contribution < -0.4 is 5.32 Å². The van der Waals surface area contributed by atoms with E-state index in [0.717, 1.165) is 23.5 Å². The maximum Gasteiger partial charge on any atom is 0.0646 e. The Balaban J connectivity index is 0.00000220. The number of hydrogen-bond acceptors (Lipinski definition) is 2. The molecule has 1 aromatic heterocycles. The molecule has 0 aliphatic heterocycles. The third-order valence-corrected chi connectivity index (χ3v) is 3.44. The number of aryl methyl sites for hydroxylation is 2. The summed E-state index contributed by atoms with van der Waals surface area (Å²) < 4.78 is 0. The van der Waals surface area contributed by atoms with E-state index in [9.17, 15) is 0 Å². The third-order valence-electron chi connectivity index (χ3n) is 3.44. The van der Waals surface area contributed by atoms with Crippen molar-refractivity contribution in [3.8, 4) is 11.1 Å². The van der Waals surface area contributed by atoms with Crippen LogP contribution >= 0.6 is 24.8 Å². The number of anilines is 1. The lowest BCUT2D eigenvalue weighted by Gasteiger charge is -2.16. The van der Waals surface area contributed by atoms with E-state index < -0.39 is 0 Å². The SMILES string of the molecule is CNc1c(-c2ccc(C)cc2)cc(C)nc1CC(C)C.Cl.Cl. The molecule has 0 amide bonds. The lowest BCUT2D eigenvalue weighted by Crippen LogP contribution is -2.06. The molecule has 122 valence electrons. The lowest BCUT2D eigenvalue weighted by molar-refractivity contribution is 0.635. The first kappa shape index (κ1) is 20.8. The molecule has 4 heteroatoms. The van der Waals surface area contributed by atoms with Crippen molar-refractivity contribution >= 4 is 30.5 Å². The van der Waals surface area contributed by atoms with Crippen LogP contribution in [0.15, 0.2) is 30.3 Å². The summed E-state index contributed by atoms with van der Waals surface area (Å²) in [6.45, 7) is 8.65. The first-order valence-corrected chi connectivity index (χ1v) is 7.26. The second kappa shape index (κ2) is 9.02. The van der Waals surface area contributed by atoms with Crippen LogP contribution in [0.2, 0.25) is 0 Å². The van der Waals surface area contributed by atoms with Gasteiger partial charge in [0.1, 0.15) is 0 Å². The molecule has 0 unspecified atom stereocenters. The van der Waals surface area contributed by atoms with Gasteiger partial charge in [-0.25, -0.2) is 0 Å². The Kier molecular flexibility index (Phi) is 8.50. The minimum atomic E-state index is 0. The van der Waals surface area contributed by atoms with Crippen LogP contribution in [0.25, 0.3) is 11.1 Å². The van der Waals surface area contributed by atoms with Crippen molar-refractivity contribution in [2.45, 2.75) is 34.1 Å². The summed E-state index contributed by atoms with van der Waals surface area (Å²) in [5.74, 6) is 0.599. The van der Waals surface area contributed by atoms with E-state index in [1.807, 2.05) is 7.05 Å². The Morgan fingerprint density at radius 1 is 1.05 bits per heavy atom. The second-order valence-electron chi connectivity index (χ2n) is 5.85. The average Bonchev–Trinajstić information content (AvgIpc) is 2.38. The van der Waals surface area contributed by atoms with Gasteiger partial charge in [0.15, 0.2) is 0 Å². The molecular formula is C18H26Cl2N2. The first-order chi connectivity index (χ1) is 9.51. The molecule has 22 heavy (non-hydrogen) atoms. The predicted molar refractivity (Wildman–Crippen MR) is 102 cm³/mol. The van der Waals surface area contributed by atoms with Crippen LogP contribution in [0, 0.1) is 19.8 Å². The number of nitrogens with zero attached hydrogens (tertiary/aromatic N) is 1. The molecule has 2 aromatic rings. The number of rotatable bonds is 4. The molecule has 0 aliphatic rings. The van der Waals surface area contributed by atoms with Gasteiger partial charge in [-0.05, 0) is 37.8 Å². The Morgan fingerprint density at radius 2 is 1.64 bits per heavy atom. The zero-order valence-electron chi connectivity index (χ0n) is 13.9. The number of pyridine rings is 1. The van der Waals surface area contributed by atoms with Gasteiger partial charge in [0.2, 0.25) is 0 Å². The third kappa shape index (κ3) is 4.89.